The van der Waals surface area contributed by atoms with Crippen LogP contribution in [0, 0.1) is 5.82 Å². The van der Waals surface area contributed by atoms with Crippen LogP contribution in [-0.2, 0) is 11.3 Å². The fraction of sp³-hybridized carbons (Fsp3) is 0.300. The first-order chi connectivity index (χ1) is 12.6. The predicted molar refractivity (Wildman–Crippen MR) is 95.3 cm³/mol. The largest absolute Gasteiger partial charge is 0.484 e. The molecule has 5 nitrogen and oxygen atoms in total. The minimum atomic E-state index is -0.411. The summed E-state index contributed by atoms with van der Waals surface area (Å²) in [5.41, 5.74) is 1.55. The molecule has 1 aliphatic rings. The molecular weight excluding hydrogens is 335 g/mol. The Morgan fingerprint density at radius 1 is 1.08 bits per heavy atom. The zero-order valence-electron chi connectivity index (χ0n) is 14.4. The first-order valence-electron chi connectivity index (χ1n) is 8.65. The molecule has 1 heterocycles. The molecule has 6 heteroatoms. The SMILES string of the molecule is O=C(COc1cccc(F)c1)NCc1ccc(C(=O)N2CCCC2)cc1. The summed E-state index contributed by atoms with van der Waals surface area (Å²) in [6, 6.07) is 12.9. The summed E-state index contributed by atoms with van der Waals surface area (Å²) in [5, 5.41) is 2.73. The number of rotatable bonds is 6. The number of nitrogens with one attached hydrogen (secondary N) is 1. The van der Waals surface area contributed by atoms with E-state index < -0.39 is 5.82 Å². The van der Waals surface area contributed by atoms with Crippen LogP contribution in [0.3, 0.4) is 0 Å². The smallest absolute Gasteiger partial charge is 0.258 e. The number of benzene rings is 2. The highest BCUT2D eigenvalue weighted by molar-refractivity contribution is 5.94. The zero-order valence-corrected chi connectivity index (χ0v) is 14.4. The van der Waals surface area contributed by atoms with E-state index in [1.165, 1.54) is 18.2 Å². The summed E-state index contributed by atoms with van der Waals surface area (Å²) in [4.78, 5) is 26.0. The van der Waals surface area contributed by atoms with Crippen molar-refractivity contribution in [1.29, 1.82) is 0 Å². The van der Waals surface area contributed by atoms with Crippen molar-refractivity contribution in [2.45, 2.75) is 19.4 Å². The molecule has 2 aromatic carbocycles. The molecule has 1 N–H and O–H groups in total. The van der Waals surface area contributed by atoms with Crippen LogP contribution >= 0.6 is 0 Å². The van der Waals surface area contributed by atoms with E-state index in [2.05, 4.69) is 5.32 Å². The van der Waals surface area contributed by atoms with E-state index in [1.807, 2.05) is 17.0 Å². The van der Waals surface area contributed by atoms with Gasteiger partial charge in [-0.15, -0.1) is 0 Å². The topological polar surface area (TPSA) is 58.6 Å². The van der Waals surface area contributed by atoms with Crippen molar-refractivity contribution in [3.8, 4) is 5.75 Å². The highest BCUT2D eigenvalue weighted by atomic mass is 19.1. The molecule has 0 saturated carbocycles. The van der Waals surface area contributed by atoms with Gasteiger partial charge in [-0.3, -0.25) is 9.59 Å². The molecule has 0 aromatic heterocycles. The summed E-state index contributed by atoms with van der Waals surface area (Å²) in [6.45, 7) is 1.79. The number of carbonyl (C=O) groups excluding carboxylic acids is 2. The molecule has 136 valence electrons. The predicted octanol–water partition coefficient (Wildman–Crippen LogP) is 2.76. The molecule has 3 rings (SSSR count). The standard InChI is InChI=1S/C20H21FN2O3/c21-17-4-3-5-18(12-17)26-14-19(24)22-13-15-6-8-16(9-7-15)20(25)23-10-1-2-11-23/h3-9,12H,1-2,10-11,13-14H2,(H,22,24). The first-order valence-corrected chi connectivity index (χ1v) is 8.65. The van der Waals surface area contributed by atoms with Crippen LogP contribution in [0.15, 0.2) is 48.5 Å². The molecule has 0 atom stereocenters. The number of hydrogen-bond acceptors (Lipinski definition) is 3. The number of likely N-dealkylation sites (tertiary alicyclic amines) is 1. The number of halogens is 1. The molecule has 0 bridgehead atoms. The monoisotopic (exact) mass is 356 g/mol. The highest BCUT2D eigenvalue weighted by Gasteiger charge is 2.19. The summed E-state index contributed by atoms with van der Waals surface area (Å²) in [6.07, 6.45) is 2.13. The van der Waals surface area contributed by atoms with Crippen molar-refractivity contribution >= 4 is 11.8 Å². The maximum Gasteiger partial charge on any atom is 0.258 e. The molecular formula is C20H21FN2O3. The number of amides is 2. The third-order valence-electron chi connectivity index (χ3n) is 4.25. The van der Waals surface area contributed by atoms with Gasteiger partial charge in [-0.25, -0.2) is 4.39 Å². The van der Waals surface area contributed by atoms with Crippen molar-refractivity contribution in [2.75, 3.05) is 19.7 Å². The van der Waals surface area contributed by atoms with Crippen LogP contribution in [0.2, 0.25) is 0 Å². The van der Waals surface area contributed by atoms with E-state index in [0.717, 1.165) is 31.5 Å². The Morgan fingerprint density at radius 2 is 1.81 bits per heavy atom. The van der Waals surface area contributed by atoms with Crippen LogP contribution in [0.4, 0.5) is 4.39 Å². The second-order valence-corrected chi connectivity index (χ2v) is 6.22. The maximum absolute atomic E-state index is 13.0. The molecule has 0 aliphatic carbocycles. The molecule has 1 saturated heterocycles. The van der Waals surface area contributed by atoms with Gasteiger partial charge in [0.15, 0.2) is 6.61 Å². The van der Waals surface area contributed by atoms with Gasteiger partial charge in [0.25, 0.3) is 11.8 Å². The maximum atomic E-state index is 13.0. The number of carbonyl (C=O) groups is 2. The minimum Gasteiger partial charge on any atom is -0.484 e. The average molecular weight is 356 g/mol. The Hall–Kier alpha value is -2.89. The second-order valence-electron chi connectivity index (χ2n) is 6.22. The lowest BCUT2D eigenvalue weighted by Gasteiger charge is -2.15. The molecule has 2 aromatic rings. The van der Waals surface area contributed by atoms with Crippen LogP contribution in [0.25, 0.3) is 0 Å². The molecule has 1 fully saturated rings. The average Bonchev–Trinajstić information content (AvgIpc) is 3.19. The van der Waals surface area contributed by atoms with E-state index in [1.54, 1.807) is 18.2 Å². The second kappa shape index (κ2) is 8.47. The summed E-state index contributed by atoms with van der Waals surface area (Å²) in [5.74, 6) is -0.343. The minimum absolute atomic E-state index is 0.0570. The molecule has 0 unspecified atom stereocenters. The summed E-state index contributed by atoms with van der Waals surface area (Å²) in [7, 11) is 0. The molecule has 0 spiro atoms. The van der Waals surface area contributed by atoms with E-state index in [0.29, 0.717) is 17.9 Å². The van der Waals surface area contributed by atoms with Crippen molar-refractivity contribution in [3.05, 3.63) is 65.5 Å². The Balaban J connectivity index is 1.45. The number of hydrogen-bond donors (Lipinski definition) is 1. The van der Waals surface area contributed by atoms with Gasteiger partial charge in [0.05, 0.1) is 0 Å². The third kappa shape index (κ3) is 4.81. The lowest BCUT2D eigenvalue weighted by molar-refractivity contribution is -0.123. The van der Waals surface area contributed by atoms with Crippen molar-refractivity contribution in [2.24, 2.45) is 0 Å². The number of nitrogens with zero attached hydrogens (tertiary/aromatic N) is 1. The summed E-state index contributed by atoms with van der Waals surface area (Å²) >= 11 is 0. The Kier molecular flexibility index (Phi) is 5.84. The van der Waals surface area contributed by atoms with E-state index in [9.17, 15) is 14.0 Å². The summed E-state index contributed by atoms with van der Waals surface area (Å²) < 4.78 is 18.3. The van der Waals surface area contributed by atoms with Crippen LogP contribution in [0.1, 0.15) is 28.8 Å². The van der Waals surface area contributed by atoms with Gasteiger partial charge in [-0.05, 0) is 42.7 Å². The molecule has 2 amide bonds. The zero-order chi connectivity index (χ0) is 18.4. The van der Waals surface area contributed by atoms with Crippen molar-refractivity contribution < 1.29 is 18.7 Å². The number of ether oxygens (including phenoxy) is 1. The fourth-order valence-electron chi connectivity index (χ4n) is 2.83. The molecule has 1 aliphatic heterocycles. The Labute approximate surface area is 151 Å². The molecule has 0 radical (unpaired) electrons. The fourth-order valence-corrected chi connectivity index (χ4v) is 2.83. The van der Waals surface area contributed by atoms with Crippen molar-refractivity contribution in [3.63, 3.8) is 0 Å². The lowest BCUT2D eigenvalue weighted by Crippen LogP contribution is -2.29. The highest BCUT2D eigenvalue weighted by Crippen LogP contribution is 2.14. The van der Waals surface area contributed by atoms with Gasteiger partial charge >= 0.3 is 0 Å². The lowest BCUT2D eigenvalue weighted by atomic mass is 10.1. The normalized spacial score (nSPS) is 13.5. The van der Waals surface area contributed by atoms with E-state index >= 15 is 0 Å². The van der Waals surface area contributed by atoms with Gasteiger partial charge in [0.2, 0.25) is 0 Å². The van der Waals surface area contributed by atoms with Gasteiger partial charge in [0.1, 0.15) is 11.6 Å². The Morgan fingerprint density at radius 3 is 2.50 bits per heavy atom. The van der Waals surface area contributed by atoms with Gasteiger partial charge in [0, 0.05) is 31.3 Å². The third-order valence-corrected chi connectivity index (χ3v) is 4.25. The van der Waals surface area contributed by atoms with Crippen LogP contribution in [0.5, 0.6) is 5.75 Å². The molecule has 26 heavy (non-hydrogen) atoms. The van der Waals surface area contributed by atoms with E-state index in [4.69, 9.17) is 4.74 Å². The van der Waals surface area contributed by atoms with Crippen molar-refractivity contribution in [1.82, 2.24) is 10.2 Å². The van der Waals surface area contributed by atoms with Gasteiger partial charge in [-0.1, -0.05) is 18.2 Å². The van der Waals surface area contributed by atoms with Gasteiger partial charge < -0.3 is 15.0 Å². The van der Waals surface area contributed by atoms with Crippen LogP contribution < -0.4 is 10.1 Å². The first kappa shape index (κ1) is 17.9. The quantitative estimate of drug-likeness (QED) is 0.866. The Bertz CT molecular complexity index is 771. The van der Waals surface area contributed by atoms with E-state index in [-0.39, 0.29) is 18.4 Å². The van der Waals surface area contributed by atoms with Crippen LogP contribution in [-0.4, -0.2) is 36.4 Å². The van der Waals surface area contributed by atoms with Gasteiger partial charge in [-0.2, -0.15) is 0 Å².